The van der Waals surface area contributed by atoms with Gasteiger partial charge in [0.2, 0.25) is 5.91 Å². The normalized spacial score (nSPS) is 18.3. The Morgan fingerprint density at radius 3 is 3.00 bits per heavy atom. The second-order valence-electron chi connectivity index (χ2n) is 8.56. The number of hydrogen-bond donors (Lipinski definition) is 1. The van der Waals surface area contributed by atoms with Crippen molar-refractivity contribution in [2.24, 2.45) is 4.99 Å². The number of nitrogens with zero attached hydrogens (tertiary/aromatic N) is 2. The number of aromatic nitrogens is 1. The van der Waals surface area contributed by atoms with Gasteiger partial charge in [0.25, 0.3) is 5.56 Å². The number of thioether (sulfide) groups is 1. The summed E-state index contributed by atoms with van der Waals surface area (Å²) in [5.41, 5.74) is 2.90. The number of unbranched alkanes of at least 4 members (excludes halogenated alkanes) is 1. The number of benzene rings is 1. The Labute approximate surface area is 205 Å². The molecule has 7 heteroatoms. The molecule has 1 aliphatic carbocycles. The van der Waals surface area contributed by atoms with Crippen LogP contribution in [0.1, 0.15) is 43.8 Å². The molecule has 2 aromatic rings. The minimum absolute atomic E-state index is 0.176. The topological polar surface area (TPSA) is 72.7 Å². The van der Waals surface area contributed by atoms with E-state index in [-0.39, 0.29) is 11.5 Å². The summed E-state index contributed by atoms with van der Waals surface area (Å²) in [5, 5.41) is 4.93. The van der Waals surface area contributed by atoms with Crippen molar-refractivity contribution >= 4 is 34.3 Å². The zero-order valence-corrected chi connectivity index (χ0v) is 20.6. The maximum atomic E-state index is 12.4. The van der Waals surface area contributed by atoms with Crippen LogP contribution in [0.25, 0.3) is 10.9 Å². The van der Waals surface area contributed by atoms with Gasteiger partial charge in [0, 0.05) is 36.1 Å². The van der Waals surface area contributed by atoms with Crippen LogP contribution in [0.4, 0.5) is 0 Å². The van der Waals surface area contributed by atoms with Crippen molar-refractivity contribution in [3.05, 3.63) is 64.5 Å². The van der Waals surface area contributed by atoms with E-state index in [9.17, 15) is 9.59 Å². The summed E-state index contributed by atoms with van der Waals surface area (Å²) in [4.78, 5) is 29.5. The number of ether oxygens (including phenoxy) is 1. The summed E-state index contributed by atoms with van der Waals surface area (Å²) >= 11 is 2.01. The van der Waals surface area contributed by atoms with Gasteiger partial charge in [-0.1, -0.05) is 19.1 Å². The highest BCUT2D eigenvalue weighted by atomic mass is 32.2. The van der Waals surface area contributed by atoms with Crippen LogP contribution in [0.5, 0.6) is 5.75 Å². The van der Waals surface area contributed by atoms with E-state index in [4.69, 9.17) is 9.73 Å². The number of aliphatic imine (C=N–C) groups is 1. The van der Waals surface area contributed by atoms with Gasteiger partial charge in [0.1, 0.15) is 5.75 Å². The quantitative estimate of drug-likeness (QED) is 0.476. The molecular formula is C27H33N3O3S. The third-order valence-corrected chi connectivity index (χ3v) is 7.25. The van der Waals surface area contributed by atoms with E-state index in [1.54, 1.807) is 12.1 Å². The molecule has 0 amide bonds. The van der Waals surface area contributed by atoms with Crippen LogP contribution in [0.3, 0.4) is 0 Å². The second kappa shape index (κ2) is 12.2. The molecule has 0 spiro atoms. The van der Waals surface area contributed by atoms with Gasteiger partial charge in [0.15, 0.2) is 0 Å². The van der Waals surface area contributed by atoms with Crippen molar-refractivity contribution in [2.75, 3.05) is 32.0 Å². The van der Waals surface area contributed by atoms with Gasteiger partial charge >= 0.3 is 0 Å². The smallest absolute Gasteiger partial charge is 0.257 e. The number of rotatable bonds is 11. The standard InChI is InChI=1S/C27H33N3O3S/c1-2-6-26(31)30-24-19-21(11-9-20(24)10-12-27(30)32)33-17-4-3-14-28-15-16-29-23-7-5-8-25-22(23)13-18-34-25/h5,7,9-13,19,25,28H,2-4,6,8,14-18H2,1H3. The molecule has 1 N–H and O–H groups in total. The Bertz CT molecular complexity index is 1170. The summed E-state index contributed by atoms with van der Waals surface area (Å²) in [6.45, 7) is 5.11. The van der Waals surface area contributed by atoms with Crippen molar-refractivity contribution in [1.82, 2.24) is 9.88 Å². The Balaban J connectivity index is 1.19. The summed E-state index contributed by atoms with van der Waals surface area (Å²) in [5.74, 6) is 1.61. The maximum absolute atomic E-state index is 12.4. The van der Waals surface area contributed by atoms with Crippen LogP contribution >= 0.6 is 11.8 Å². The molecule has 2 aliphatic rings. The molecule has 0 saturated carbocycles. The summed E-state index contributed by atoms with van der Waals surface area (Å²) < 4.78 is 7.17. The maximum Gasteiger partial charge on any atom is 0.257 e. The minimum atomic E-state index is -0.294. The van der Waals surface area contributed by atoms with Crippen LogP contribution in [0, 0.1) is 0 Å². The summed E-state index contributed by atoms with van der Waals surface area (Å²) in [7, 11) is 0. The first-order valence-electron chi connectivity index (χ1n) is 12.2. The fourth-order valence-corrected chi connectivity index (χ4v) is 5.44. The van der Waals surface area contributed by atoms with Crippen LogP contribution in [0.15, 0.2) is 63.9 Å². The lowest BCUT2D eigenvalue weighted by Crippen LogP contribution is -2.26. The molecule has 2 heterocycles. The summed E-state index contributed by atoms with van der Waals surface area (Å²) in [6, 6.07) is 8.78. The molecule has 6 nitrogen and oxygen atoms in total. The third kappa shape index (κ3) is 6.07. The van der Waals surface area contributed by atoms with Crippen LogP contribution in [-0.4, -0.2) is 53.4 Å². The lowest BCUT2D eigenvalue weighted by molar-refractivity contribution is 0.0903. The SMILES string of the molecule is CCCC(=O)n1c(=O)ccc2ccc(OCCCCNCCN=C3C=CCC4SCC=C34)cc21. The van der Waals surface area contributed by atoms with Crippen molar-refractivity contribution < 1.29 is 9.53 Å². The minimum Gasteiger partial charge on any atom is -0.494 e. The number of nitrogens with one attached hydrogen (secondary N) is 1. The lowest BCUT2D eigenvalue weighted by Gasteiger charge is -2.17. The molecule has 4 rings (SSSR count). The molecule has 1 unspecified atom stereocenters. The molecule has 1 aromatic carbocycles. The van der Waals surface area contributed by atoms with Gasteiger partial charge in [0.05, 0.1) is 24.4 Å². The predicted octanol–water partition coefficient (Wildman–Crippen LogP) is 4.63. The molecule has 180 valence electrons. The van der Waals surface area contributed by atoms with E-state index in [1.165, 1.54) is 16.2 Å². The average molecular weight is 480 g/mol. The van der Waals surface area contributed by atoms with Crippen molar-refractivity contribution in [1.29, 1.82) is 0 Å². The lowest BCUT2D eigenvalue weighted by atomic mass is 9.98. The van der Waals surface area contributed by atoms with E-state index < -0.39 is 0 Å². The van der Waals surface area contributed by atoms with Crippen LogP contribution < -0.4 is 15.6 Å². The zero-order valence-electron chi connectivity index (χ0n) is 19.8. The molecule has 1 aromatic heterocycles. The molecule has 1 atom stereocenters. The molecule has 1 aliphatic heterocycles. The zero-order chi connectivity index (χ0) is 23.8. The highest BCUT2D eigenvalue weighted by Gasteiger charge is 2.24. The van der Waals surface area contributed by atoms with E-state index in [0.29, 0.717) is 36.0 Å². The second-order valence-corrected chi connectivity index (χ2v) is 9.80. The number of carbonyl (C=O) groups excluding carboxylic acids is 1. The highest BCUT2D eigenvalue weighted by Crippen LogP contribution is 2.33. The van der Waals surface area contributed by atoms with Gasteiger partial charge in [-0.3, -0.25) is 14.6 Å². The first-order chi connectivity index (χ1) is 16.7. The van der Waals surface area contributed by atoms with E-state index in [2.05, 4.69) is 23.5 Å². The van der Waals surface area contributed by atoms with E-state index in [0.717, 1.165) is 55.7 Å². The molecule has 0 radical (unpaired) electrons. The highest BCUT2D eigenvalue weighted by molar-refractivity contribution is 8.00. The Morgan fingerprint density at radius 1 is 1.24 bits per heavy atom. The van der Waals surface area contributed by atoms with Crippen LogP contribution in [-0.2, 0) is 0 Å². The van der Waals surface area contributed by atoms with Crippen molar-refractivity contribution in [3.63, 3.8) is 0 Å². The monoisotopic (exact) mass is 479 g/mol. The number of allylic oxidation sites excluding steroid dienone is 2. The fourth-order valence-electron chi connectivity index (χ4n) is 4.29. The van der Waals surface area contributed by atoms with Gasteiger partial charge in [-0.15, -0.1) is 11.8 Å². The first kappa shape index (κ1) is 24.5. The predicted molar refractivity (Wildman–Crippen MR) is 142 cm³/mol. The van der Waals surface area contributed by atoms with Crippen molar-refractivity contribution in [3.8, 4) is 5.75 Å². The van der Waals surface area contributed by atoms with E-state index >= 15 is 0 Å². The number of pyridine rings is 1. The Morgan fingerprint density at radius 2 is 2.12 bits per heavy atom. The Kier molecular flexibility index (Phi) is 8.77. The van der Waals surface area contributed by atoms with Crippen LogP contribution in [0.2, 0.25) is 0 Å². The molecular weight excluding hydrogens is 446 g/mol. The van der Waals surface area contributed by atoms with Gasteiger partial charge < -0.3 is 10.1 Å². The fraction of sp³-hybridized carbons (Fsp3) is 0.444. The van der Waals surface area contributed by atoms with E-state index in [1.807, 2.05) is 30.8 Å². The summed E-state index contributed by atoms with van der Waals surface area (Å²) in [6.07, 6.45) is 10.8. The molecule has 34 heavy (non-hydrogen) atoms. The van der Waals surface area contributed by atoms with Gasteiger partial charge in [-0.25, -0.2) is 4.57 Å². The number of hydrogen-bond acceptors (Lipinski definition) is 6. The van der Waals surface area contributed by atoms with Crippen molar-refractivity contribution in [2.45, 2.75) is 44.3 Å². The van der Waals surface area contributed by atoms with Gasteiger partial charge in [-0.05, 0) is 67.5 Å². The largest absolute Gasteiger partial charge is 0.494 e. The van der Waals surface area contributed by atoms with Gasteiger partial charge in [-0.2, -0.15) is 0 Å². The third-order valence-electron chi connectivity index (χ3n) is 6.04. The molecule has 0 bridgehead atoms. The average Bonchev–Trinajstić information content (AvgIpc) is 3.32. The number of fused-ring (bicyclic) bond motifs is 2. The molecule has 0 fully saturated rings. The Hall–Kier alpha value is -2.64. The molecule has 0 saturated heterocycles. The number of carbonyl (C=O) groups is 1. The first-order valence-corrected chi connectivity index (χ1v) is 13.3.